The molecule has 0 heterocycles. The van der Waals surface area contributed by atoms with E-state index in [1.807, 2.05) is 12.1 Å². The molecule has 0 unspecified atom stereocenters. The van der Waals surface area contributed by atoms with Gasteiger partial charge < -0.3 is 14.7 Å². The largest absolute Gasteiger partial charge is 0.389 e. The van der Waals surface area contributed by atoms with Gasteiger partial charge in [-0.15, -0.1) is 0 Å². The van der Waals surface area contributed by atoms with Gasteiger partial charge in [0.1, 0.15) is 0 Å². The van der Waals surface area contributed by atoms with E-state index in [-0.39, 0.29) is 0 Å². The van der Waals surface area contributed by atoms with Crippen molar-refractivity contribution in [3.8, 4) is 6.07 Å². The van der Waals surface area contributed by atoms with E-state index in [1.54, 1.807) is 20.1 Å². The molecule has 0 spiro atoms. The Balaban J connectivity index is 3.17. The number of rotatable bonds is 7. The first-order valence-electron chi connectivity index (χ1n) is 6.95. The lowest BCUT2D eigenvalue weighted by Crippen LogP contribution is -2.32. The molecule has 4 heteroatoms. The standard InChI is InChI=1S/C16H24N2O2/c1-12(2)11-18(7-8-20-4)16-9-14(10-17)5-6-15(16)13(3)19/h5-6,9,12-13,19H,7-8,11H2,1-4H3/t13-/m0/s1. The Bertz CT molecular complexity index is 464. The van der Waals surface area contributed by atoms with Crippen molar-refractivity contribution in [3.05, 3.63) is 29.3 Å². The number of nitrogens with zero attached hydrogens (tertiary/aromatic N) is 2. The van der Waals surface area contributed by atoms with Gasteiger partial charge in [-0.2, -0.15) is 5.26 Å². The Labute approximate surface area is 121 Å². The summed E-state index contributed by atoms with van der Waals surface area (Å²) in [6, 6.07) is 7.58. The number of hydrogen-bond acceptors (Lipinski definition) is 4. The Hall–Kier alpha value is -1.57. The molecule has 0 aliphatic heterocycles. The van der Waals surface area contributed by atoms with Gasteiger partial charge in [-0.05, 0) is 25.0 Å². The van der Waals surface area contributed by atoms with Crippen molar-refractivity contribution in [1.82, 2.24) is 0 Å². The van der Waals surface area contributed by atoms with Gasteiger partial charge in [0.2, 0.25) is 0 Å². The van der Waals surface area contributed by atoms with Crippen molar-refractivity contribution in [1.29, 1.82) is 5.26 Å². The monoisotopic (exact) mass is 276 g/mol. The molecule has 0 saturated carbocycles. The fourth-order valence-electron chi connectivity index (χ4n) is 2.19. The Morgan fingerprint density at radius 3 is 2.55 bits per heavy atom. The van der Waals surface area contributed by atoms with Crippen LogP contribution in [0.5, 0.6) is 0 Å². The van der Waals surface area contributed by atoms with E-state index in [2.05, 4.69) is 24.8 Å². The van der Waals surface area contributed by atoms with E-state index in [1.165, 1.54) is 0 Å². The molecule has 1 N–H and O–H groups in total. The summed E-state index contributed by atoms with van der Waals surface area (Å²) in [5, 5.41) is 19.0. The third-order valence-corrected chi connectivity index (χ3v) is 3.10. The van der Waals surface area contributed by atoms with Gasteiger partial charge in [-0.25, -0.2) is 0 Å². The van der Waals surface area contributed by atoms with Crippen LogP contribution in [-0.4, -0.2) is 31.9 Å². The van der Waals surface area contributed by atoms with Crippen molar-refractivity contribution in [2.45, 2.75) is 26.9 Å². The van der Waals surface area contributed by atoms with E-state index < -0.39 is 6.10 Å². The third kappa shape index (κ3) is 4.52. The van der Waals surface area contributed by atoms with Crippen LogP contribution < -0.4 is 4.90 Å². The smallest absolute Gasteiger partial charge is 0.0992 e. The highest BCUT2D eigenvalue weighted by Gasteiger charge is 2.16. The van der Waals surface area contributed by atoms with Crippen LogP contribution in [0.4, 0.5) is 5.69 Å². The summed E-state index contributed by atoms with van der Waals surface area (Å²) in [6.45, 7) is 8.25. The van der Waals surface area contributed by atoms with Gasteiger partial charge >= 0.3 is 0 Å². The second-order valence-corrected chi connectivity index (χ2v) is 5.39. The number of aliphatic hydroxyl groups excluding tert-OH is 1. The minimum atomic E-state index is -0.560. The van der Waals surface area contributed by atoms with Gasteiger partial charge in [0.05, 0.1) is 24.3 Å². The Morgan fingerprint density at radius 2 is 2.05 bits per heavy atom. The SMILES string of the molecule is COCCN(CC(C)C)c1cc(C#N)ccc1[C@H](C)O. The molecule has 1 aromatic rings. The zero-order valence-corrected chi connectivity index (χ0v) is 12.8. The average Bonchev–Trinajstić information content (AvgIpc) is 2.42. The number of nitriles is 1. The quantitative estimate of drug-likeness (QED) is 0.832. The fourth-order valence-corrected chi connectivity index (χ4v) is 2.19. The Kier molecular flexibility index (Phi) is 6.50. The predicted molar refractivity (Wildman–Crippen MR) is 80.7 cm³/mol. The maximum absolute atomic E-state index is 9.94. The number of anilines is 1. The summed E-state index contributed by atoms with van der Waals surface area (Å²) < 4.78 is 5.16. The molecule has 4 nitrogen and oxygen atoms in total. The summed E-state index contributed by atoms with van der Waals surface area (Å²) in [6.07, 6.45) is -0.560. The summed E-state index contributed by atoms with van der Waals surface area (Å²) in [5.41, 5.74) is 2.38. The average molecular weight is 276 g/mol. The van der Waals surface area contributed by atoms with Gasteiger partial charge in [0.15, 0.2) is 0 Å². The number of methoxy groups -OCH3 is 1. The molecular formula is C16H24N2O2. The molecule has 0 radical (unpaired) electrons. The summed E-state index contributed by atoms with van der Waals surface area (Å²) in [4.78, 5) is 2.18. The third-order valence-electron chi connectivity index (χ3n) is 3.10. The Morgan fingerprint density at radius 1 is 1.35 bits per heavy atom. The molecule has 0 amide bonds. The van der Waals surface area contributed by atoms with Crippen molar-refractivity contribution in [2.24, 2.45) is 5.92 Å². The van der Waals surface area contributed by atoms with E-state index in [4.69, 9.17) is 10.00 Å². The van der Waals surface area contributed by atoms with Crippen LogP contribution in [-0.2, 0) is 4.74 Å². The molecule has 0 aliphatic rings. The molecule has 110 valence electrons. The summed E-state index contributed by atoms with van der Waals surface area (Å²) in [5.74, 6) is 0.486. The summed E-state index contributed by atoms with van der Waals surface area (Å²) in [7, 11) is 1.68. The van der Waals surface area contributed by atoms with Crippen LogP contribution in [0.25, 0.3) is 0 Å². The molecule has 0 saturated heterocycles. The minimum Gasteiger partial charge on any atom is -0.389 e. The minimum absolute atomic E-state index is 0.486. The van der Waals surface area contributed by atoms with Gasteiger partial charge in [-0.1, -0.05) is 19.9 Å². The number of ether oxygens (including phenoxy) is 1. The first-order chi connectivity index (χ1) is 9.49. The first-order valence-corrected chi connectivity index (χ1v) is 6.95. The van der Waals surface area contributed by atoms with Gasteiger partial charge in [-0.3, -0.25) is 0 Å². The topological polar surface area (TPSA) is 56.5 Å². The van der Waals surface area contributed by atoms with E-state index in [0.29, 0.717) is 18.1 Å². The second kappa shape index (κ2) is 7.88. The zero-order valence-electron chi connectivity index (χ0n) is 12.8. The normalized spacial score (nSPS) is 12.2. The number of benzene rings is 1. The van der Waals surface area contributed by atoms with Crippen LogP contribution in [0, 0.1) is 17.2 Å². The van der Waals surface area contributed by atoms with E-state index >= 15 is 0 Å². The molecule has 1 aromatic carbocycles. The lowest BCUT2D eigenvalue weighted by atomic mass is 10.0. The van der Waals surface area contributed by atoms with Crippen LogP contribution >= 0.6 is 0 Å². The molecule has 0 fully saturated rings. The molecule has 0 bridgehead atoms. The maximum Gasteiger partial charge on any atom is 0.0992 e. The molecule has 1 atom stereocenters. The van der Waals surface area contributed by atoms with Crippen LogP contribution in [0.15, 0.2) is 18.2 Å². The summed E-state index contributed by atoms with van der Waals surface area (Å²) >= 11 is 0. The lowest BCUT2D eigenvalue weighted by Gasteiger charge is -2.29. The number of hydrogen-bond donors (Lipinski definition) is 1. The van der Waals surface area contributed by atoms with Crippen LogP contribution in [0.1, 0.15) is 38.0 Å². The van der Waals surface area contributed by atoms with Crippen molar-refractivity contribution in [2.75, 3.05) is 31.7 Å². The molecule has 0 aromatic heterocycles. The van der Waals surface area contributed by atoms with Crippen LogP contribution in [0.3, 0.4) is 0 Å². The van der Waals surface area contributed by atoms with Gasteiger partial charge in [0.25, 0.3) is 0 Å². The molecule has 20 heavy (non-hydrogen) atoms. The highest BCUT2D eigenvalue weighted by molar-refractivity contribution is 5.58. The molecular weight excluding hydrogens is 252 g/mol. The lowest BCUT2D eigenvalue weighted by molar-refractivity contribution is 0.197. The van der Waals surface area contributed by atoms with Crippen molar-refractivity contribution >= 4 is 5.69 Å². The van der Waals surface area contributed by atoms with E-state index in [9.17, 15) is 5.11 Å². The zero-order chi connectivity index (χ0) is 15.1. The molecule has 1 rings (SSSR count). The van der Waals surface area contributed by atoms with Gasteiger partial charge in [0, 0.05) is 31.5 Å². The highest BCUT2D eigenvalue weighted by atomic mass is 16.5. The highest BCUT2D eigenvalue weighted by Crippen LogP contribution is 2.28. The van der Waals surface area contributed by atoms with E-state index in [0.717, 1.165) is 24.3 Å². The van der Waals surface area contributed by atoms with Crippen molar-refractivity contribution in [3.63, 3.8) is 0 Å². The first kappa shape index (κ1) is 16.5. The number of aliphatic hydroxyl groups is 1. The molecule has 0 aliphatic carbocycles. The second-order valence-electron chi connectivity index (χ2n) is 5.39. The fraction of sp³-hybridized carbons (Fsp3) is 0.562. The maximum atomic E-state index is 9.94. The predicted octanol–water partition coefficient (Wildman–Crippen LogP) is 2.72. The van der Waals surface area contributed by atoms with Crippen molar-refractivity contribution < 1.29 is 9.84 Å². The van der Waals surface area contributed by atoms with Crippen LogP contribution in [0.2, 0.25) is 0 Å².